The highest BCUT2D eigenvalue weighted by molar-refractivity contribution is 9.10. The number of nitrogens with two attached hydrogens (primary N) is 1. The van der Waals surface area contributed by atoms with Crippen molar-refractivity contribution in [1.82, 2.24) is 10.2 Å². The normalized spacial score (nSPS) is 15.7. The third-order valence-corrected chi connectivity index (χ3v) is 5.05. The van der Waals surface area contributed by atoms with Gasteiger partial charge in [-0.15, -0.1) is 5.10 Å². The third-order valence-electron chi connectivity index (χ3n) is 4.52. The molecule has 1 aliphatic heterocycles. The van der Waals surface area contributed by atoms with Gasteiger partial charge in [-0.2, -0.15) is 5.26 Å². The van der Waals surface area contributed by atoms with Crippen LogP contribution in [0.2, 0.25) is 0 Å². The SMILES string of the molecule is COc1ccc(-c2[nH]nc3c2C(c2ccc(Br)cc2)C(C#N)=C(N)O3)cc1. The summed E-state index contributed by atoms with van der Waals surface area (Å²) in [4.78, 5) is 0. The van der Waals surface area contributed by atoms with Gasteiger partial charge in [-0.05, 0) is 42.0 Å². The Morgan fingerprint density at radius 3 is 2.52 bits per heavy atom. The Kier molecular flexibility index (Phi) is 4.34. The predicted octanol–water partition coefficient (Wildman–Crippen LogP) is 4.07. The summed E-state index contributed by atoms with van der Waals surface area (Å²) >= 11 is 3.45. The molecule has 3 aromatic rings. The van der Waals surface area contributed by atoms with Crippen LogP contribution in [0.3, 0.4) is 0 Å². The van der Waals surface area contributed by atoms with Crippen LogP contribution in [-0.2, 0) is 0 Å². The van der Waals surface area contributed by atoms with Crippen molar-refractivity contribution >= 4 is 15.9 Å². The van der Waals surface area contributed by atoms with Crippen LogP contribution >= 0.6 is 15.9 Å². The number of hydrogen-bond donors (Lipinski definition) is 2. The minimum atomic E-state index is -0.372. The average Bonchev–Trinajstić information content (AvgIpc) is 3.11. The van der Waals surface area contributed by atoms with Crippen molar-refractivity contribution in [2.75, 3.05) is 7.11 Å². The van der Waals surface area contributed by atoms with Crippen LogP contribution in [-0.4, -0.2) is 17.3 Å². The lowest BCUT2D eigenvalue weighted by molar-refractivity contribution is 0.379. The minimum absolute atomic E-state index is 0.0747. The lowest BCUT2D eigenvalue weighted by Crippen LogP contribution is -2.20. The summed E-state index contributed by atoms with van der Waals surface area (Å²) in [5.74, 6) is 0.841. The zero-order chi connectivity index (χ0) is 19.0. The molecule has 0 bridgehead atoms. The average molecular weight is 423 g/mol. The number of methoxy groups -OCH3 is 1. The van der Waals surface area contributed by atoms with Crippen LogP contribution in [0.5, 0.6) is 11.6 Å². The van der Waals surface area contributed by atoms with E-state index in [1.54, 1.807) is 7.11 Å². The fourth-order valence-corrected chi connectivity index (χ4v) is 3.48. The van der Waals surface area contributed by atoms with Crippen LogP contribution in [0.25, 0.3) is 11.3 Å². The van der Waals surface area contributed by atoms with Crippen molar-refractivity contribution in [1.29, 1.82) is 5.26 Å². The quantitative estimate of drug-likeness (QED) is 0.662. The number of nitriles is 1. The zero-order valence-electron chi connectivity index (χ0n) is 14.4. The number of ether oxygens (including phenoxy) is 2. The fourth-order valence-electron chi connectivity index (χ4n) is 3.21. The van der Waals surface area contributed by atoms with E-state index in [0.29, 0.717) is 11.5 Å². The largest absolute Gasteiger partial charge is 0.497 e. The van der Waals surface area contributed by atoms with E-state index in [2.05, 4.69) is 32.2 Å². The molecule has 1 unspecified atom stereocenters. The summed E-state index contributed by atoms with van der Waals surface area (Å²) in [5, 5.41) is 17.0. The first-order valence-electron chi connectivity index (χ1n) is 8.18. The maximum atomic E-state index is 9.72. The number of fused-ring (bicyclic) bond motifs is 1. The Morgan fingerprint density at radius 1 is 1.19 bits per heavy atom. The summed E-state index contributed by atoms with van der Waals surface area (Å²) < 4.78 is 11.8. The van der Waals surface area contributed by atoms with Crippen molar-refractivity contribution in [3.63, 3.8) is 0 Å². The van der Waals surface area contributed by atoms with Gasteiger partial charge in [0.2, 0.25) is 11.8 Å². The maximum absolute atomic E-state index is 9.72. The molecule has 1 aliphatic rings. The minimum Gasteiger partial charge on any atom is -0.497 e. The van der Waals surface area contributed by atoms with Crippen molar-refractivity contribution in [2.24, 2.45) is 5.73 Å². The number of nitrogens with zero attached hydrogens (tertiary/aromatic N) is 2. The summed E-state index contributed by atoms with van der Waals surface area (Å²) in [6.45, 7) is 0. The van der Waals surface area contributed by atoms with E-state index in [-0.39, 0.29) is 11.8 Å². The number of aromatic amines is 1. The van der Waals surface area contributed by atoms with E-state index < -0.39 is 0 Å². The van der Waals surface area contributed by atoms with Gasteiger partial charge in [0.25, 0.3) is 0 Å². The van der Waals surface area contributed by atoms with Crippen molar-refractivity contribution in [3.8, 4) is 29.0 Å². The van der Waals surface area contributed by atoms with Gasteiger partial charge in [0.1, 0.15) is 17.4 Å². The second kappa shape index (κ2) is 6.82. The number of aromatic nitrogens is 2. The monoisotopic (exact) mass is 422 g/mol. The molecule has 27 heavy (non-hydrogen) atoms. The molecule has 0 saturated heterocycles. The van der Waals surface area contributed by atoms with E-state index in [1.807, 2.05) is 48.5 Å². The number of nitrogens with one attached hydrogen (secondary N) is 1. The Labute approximate surface area is 164 Å². The molecular formula is C20H15BrN4O2. The molecule has 4 rings (SSSR count). The second-order valence-corrected chi connectivity index (χ2v) is 6.94. The summed E-state index contributed by atoms with van der Waals surface area (Å²) in [6, 6.07) is 17.6. The molecule has 2 heterocycles. The summed E-state index contributed by atoms with van der Waals surface area (Å²) in [6.07, 6.45) is 0. The fraction of sp³-hybridized carbons (Fsp3) is 0.100. The molecule has 134 valence electrons. The molecule has 0 aliphatic carbocycles. The highest BCUT2D eigenvalue weighted by atomic mass is 79.9. The summed E-state index contributed by atoms with van der Waals surface area (Å²) in [7, 11) is 1.62. The van der Waals surface area contributed by atoms with E-state index in [0.717, 1.165) is 32.6 Å². The van der Waals surface area contributed by atoms with Gasteiger partial charge in [-0.1, -0.05) is 28.1 Å². The molecular weight excluding hydrogens is 408 g/mol. The summed E-state index contributed by atoms with van der Waals surface area (Å²) in [5.41, 5.74) is 9.77. The van der Waals surface area contributed by atoms with Crippen molar-refractivity contribution in [2.45, 2.75) is 5.92 Å². The Morgan fingerprint density at radius 2 is 1.89 bits per heavy atom. The number of halogens is 1. The first-order valence-corrected chi connectivity index (χ1v) is 8.97. The zero-order valence-corrected chi connectivity index (χ0v) is 15.9. The molecule has 0 spiro atoms. The van der Waals surface area contributed by atoms with Gasteiger partial charge in [-0.25, -0.2) is 0 Å². The van der Waals surface area contributed by atoms with Gasteiger partial charge in [-0.3, -0.25) is 5.10 Å². The first kappa shape index (κ1) is 17.2. The number of rotatable bonds is 3. The Bertz CT molecular complexity index is 1060. The molecule has 7 heteroatoms. The number of benzene rings is 2. The van der Waals surface area contributed by atoms with Crippen molar-refractivity contribution < 1.29 is 9.47 Å². The van der Waals surface area contributed by atoms with Crippen LogP contribution in [0.15, 0.2) is 64.5 Å². The van der Waals surface area contributed by atoms with Crippen LogP contribution in [0, 0.1) is 11.3 Å². The highest BCUT2D eigenvalue weighted by Gasteiger charge is 2.35. The van der Waals surface area contributed by atoms with E-state index in [9.17, 15) is 5.26 Å². The number of hydrogen-bond acceptors (Lipinski definition) is 5. The lowest BCUT2D eigenvalue weighted by atomic mass is 9.83. The molecule has 0 amide bonds. The number of H-pyrrole nitrogens is 1. The van der Waals surface area contributed by atoms with Gasteiger partial charge in [0.05, 0.1) is 24.3 Å². The van der Waals surface area contributed by atoms with Crippen LogP contribution in [0.1, 0.15) is 17.0 Å². The van der Waals surface area contributed by atoms with E-state index in [1.165, 1.54) is 0 Å². The Hall–Kier alpha value is -3.24. The van der Waals surface area contributed by atoms with Gasteiger partial charge < -0.3 is 15.2 Å². The van der Waals surface area contributed by atoms with Crippen LogP contribution < -0.4 is 15.2 Å². The molecule has 6 nitrogen and oxygen atoms in total. The highest BCUT2D eigenvalue weighted by Crippen LogP contribution is 2.45. The first-order chi connectivity index (χ1) is 13.1. The Balaban J connectivity index is 1.90. The topological polar surface area (TPSA) is 97.0 Å². The third kappa shape index (κ3) is 2.94. The molecule has 1 aromatic heterocycles. The van der Waals surface area contributed by atoms with Gasteiger partial charge in [0.15, 0.2) is 0 Å². The standard InChI is InChI=1S/C20H15BrN4O2/c1-26-14-8-4-12(5-9-14)18-17-16(11-2-6-13(21)7-3-11)15(10-22)19(23)27-20(17)25-24-18/h2-9,16H,23H2,1H3,(H,24,25). The molecule has 0 saturated carbocycles. The second-order valence-electron chi connectivity index (χ2n) is 6.02. The molecule has 2 aromatic carbocycles. The molecule has 0 fully saturated rings. The van der Waals surface area contributed by atoms with Gasteiger partial charge >= 0.3 is 0 Å². The van der Waals surface area contributed by atoms with Crippen molar-refractivity contribution in [3.05, 3.63) is 75.6 Å². The smallest absolute Gasteiger partial charge is 0.244 e. The lowest BCUT2D eigenvalue weighted by Gasteiger charge is -2.24. The molecule has 3 N–H and O–H groups in total. The van der Waals surface area contributed by atoms with Crippen LogP contribution in [0.4, 0.5) is 0 Å². The predicted molar refractivity (Wildman–Crippen MR) is 104 cm³/mol. The molecule has 1 atom stereocenters. The van der Waals surface area contributed by atoms with Gasteiger partial charge in [0, 0.05) is 10.0 Å². The maximum Gasteiger partial charge on any atom is 0.244 e. The van der Waals surface area contributed by atoms with E-state index in [4.69, 9.17) is 15.2 Å². The molecule has 0 radical (unpaired) electrons. The number of allylic oxidation sites excluding steroid dienone is 1. The van der Waals surface area contributed by atoms with E-state index >= 15 is 0 Å².